The van der Waals surface area contributed by atoms with Crippen molar-refractivity contribution < 1.29 is 4.79 Å². The average Bonchev–Trinajstić information content (AvgIpc) is 2.30. The van der Waals surface area contributed by atoms with Crippen molar-refractivity contribution in [1.82, 2.24) is 5.32 Å². The van der Waals surface area contributed by atoms with Crippen LogP contribution in [-0.2, 0) is 0 Å². The number of carbonyl (C=O) groups is 1. The van der Waals surface area contributed by atoms with E-state index >= 15 is 0 Å². The van der Waals surface area contributed by atoms with Gasteiger partial charge in [0.25, 0.3) is 5.91 Å². The maximum atomic E-state index is 11.8. The largest absolute Gasteiger partial charge is 0.345 e. The number of hydrogen-bond donors (Lipinski definition) is 1. The van der Waals surface area contributed by atoms with Gasteiger partial charge in [0.2, 0.25) is 0 Å². The van der Waals surface area contributed by atoms with Gasteiger partial charge < -0.3 is 5.32 Å². The molecule has 1 atom stereocenters. The zero-order chi connectivity index (χ0) is 10.3. The molecule has 0 aromatic heterocycles. The Morgan fingerprint density at radius 1 is 1.20 bits per heavy atom. The van der Waals surface area contributed by atoms with Crippen molar-refractivity contribution in [3.05, 3.63) is 53.6 Å². The number of hydrogen-bond acceptors (Lipinski definition) is 1. The molecule has 15 heavy (non-hydrogen) atoms. The minimum Gasteiger partial charge on any atom is -0.345 e. The highest BCUT2D eigenvalue weighted by Crippen LogP contribution is 2.30. The highest BCUT2D eigenvalue weighted by molar-refractivity contribution is 6.04. The summed E-state index contributed by atoms with van der Waals surface area (Å²) < 4.78 is 0. The molecule has 1 aliphatic carbocycles. The Kier molecular flexibility index (Phi) is 1.75. The molecule has 0 fully saturated rings. The first kappa shape index (κ1) is 8.48. The summed E-state index contributed by atoms with van der Waals surface area (Å²) in [6, 6.07) is 7.94. The molecule has 1 heterocycles. The first-order valence-electron chi connectivity index (χ1n) is 5.13. The minimum absolute atomic E-state index is 0.0445. The van der Waals surface area contributed by atoms with Crippen LogP contribution in [0.25, 0.3) is 5.57 Å². The van der Waals surface area contributed by atoms with E-state index in [2.05, 4.69) is 23.5 Å². The quantitative estimate of drug-likeness (QED) is 0.678. The second-order valence-electron chi connectivity index (χ2n) is 3.86. The van der Waals surface area contributed by atoms with Gasteiger partial charge in [-0.1, -0.05) is 36.4 Å². The Labute approximate surface area is 88.3 Å². The molecule has 0 saturated carbocycles. The van der Waals surface area contributed by atoms with Gasteiger partial charge in [-0.3, -0.25) is 4.79 Å². The van der Waals surface area contributed by atoms with E-state index in [0.717, 1.165) is 17.5 Å². The average molecular weight is 197 g/mol. The van der Waals surface area contributed by atoms with E-state index < -0.39 is 0 Å². The summed E-state index contributed by atoms with van der Waals surface area (Å²) in [7, 11) is 0. The SMILES string of the molecule is O=C1NC2CC=CC=C2c2ccccc21. The van der Waals surface area contributed by atoms with E-state index in [-0.39, 0.29) is 11.9 Å². The van der Waals surface area contributed by atoms with Gasteiger partial charge in [-0.25, -0.2) is 0 Å². The Hall–Kier alpha value is -1.83. The van der Waals surface area contributed by atoms with Crippen molar-refractivity contribution in [2.24, 2.45) is 0 Å². The number of allylic oxidation sites excluding steroid dienone is 2. The van der Waals surface area contributed by atoms with Gasteiger partial charge in [0.05, 0.1) is 6.04 Å². The number of benzene rings is 1. The lowest BCUT2D eigenvalue weighted by molar-refractivity contribution is 0.0940. The molecule has 0 radical (unpaired) electrons. The second-order valence-corrected chi connectivity index (χ2v) is 3.86. The van der Waals surface area contributed by atoms with Crippen LogP contribution in [0, 0.1) is 0 Å². The third kappa shape index (κ3) is 1.22. The van der Waals surface area contributed by atoms with E-state index in [1.807, 2.05) is 24.3 Å². The third-order valence-corrected chi connectivity index (χ3v) is 2.95. The van der Waals surface area contributed by atoms with Gasteiger partial charge in [-0.15, -0.1) is 0 Å². The molecular formula is C13H11NO. The molecule has 0 saturated heterocycles. The Morgan fingerprint density at radius 2 is 2.00 bits per heavy atom. The normalized spacial score (nSPS) is 22.5. The topological polar surface area (TPSA) is 29.1 Å². The molecule has 1 amide bonds. The number of carbonyl (C=O) groups excluding carboxylic acids is 1. The minimum atomic E-state index is 0.0445. The monoisotopic (exact) mass is 197 g/mol. The van der Waals surface area contributed by atoms with Crippen molar-refractivity contribution >= 4 is 11.5 Å². The van der Waals surface area contributed by atoms with Gasteiger partial charge in [-0.2, -0.15) is 0 Å². The van der Waals surface area contributed by atoms with E-state index in [1.54, 1.807) is 0 Å². The van der Waals surface area contributed by atoms with Crippen LogP contribution in [-0.4, -0.2) is 11.9 Å². The number of rotatable bonds is 0. The maximum absolute atomic E-state index is 11.8. The molecule has 1 aromatic carbocycles. The van der Waals surface area contributed by atoms with E-state index in [1.165, 1.54) is 5.57 Å². The van der Waals surface area contributed by atoms with Gasteiger partial charge in [0.15, 0.2) is 0 Å². The van der Waals surface area contributed by atoms with Crippen LogP contribution >= 0.6 is 0 Å². The van der Waals surface area contributed by atoms with Crippen molar-refractivity contribution in [2.75, 3.05) is 0 Å². The fourth-order valence-electron chi connectivity index (χ4n) is 2.21. The first-order valence-corrected chi connectivity index (χ1v) is 5.13. The van der Waals surface area contributed by atoms with Crippen molar-refractivity contribution in [2.45, 2.75) is 12.5 Å². The molecule has 1 aromatic rings. The Morgan fingerprint density at radius 3 is 2.87 bits per heavy atom. The molecule has 2 heteroatoms. The van der Waals surface area contributed by atoms with Crippen LogP contribution in [0.1, 0.15) is 22.3 Å². The summed E-state index contributed by atoms with van der Waals surface area (Å²) in [5.74, 6) is 0.0445. The summed E-state index contributed by atoms with van der Waals surface area (Å²) in [5, 5.41) is 3.02. The Bertz CT molecular complexity index is 485. The summed E-state index contributed by atoms with van der Waals surface area (Å²) in [5.41, 5.74) is 3.10. The number of fused-ring (bicyclic) bond motifs is 3. The van der Waals surface area contributed by atoms with Crippen LogP contribution in [0.15, 0.2) is 42.5 Å². The Balaban J connectivity index is 2.22. The third-order valence-electron chi connectivity index (χ3n) is 2.95. The maximum Gasteiger partial charge on any atom is 0.252 e. The summed E-state index contributed by atoms with van der Waals surface area (Å²) in [4.78, 5) is 11.8. The molecule has 1 N–H and O–H groups in total. The highest BCUT2D eigenvalue weighted by Gasteiger charge is 2.27. The molecule has 1 aliphatic heterocycles. The highest BCUT2D eigenvalue weighted by atomic mass is 16.1. The van der Waals surface area contributed by atoms with E-state index in [0.29, 0.717) is 0 Å². The van der Waals surface area contributed by atoms with Crippen molar-refractivity contribution in [1.29, 1.82) is 0 Å². The molecular weight excluding hydrogens is 186 g/mol. The number of nitrogens with one attached hydrogen (secondary N) is 1. The lowest BCUT2D eigenvalue weighted by Gasteiger charge is -2.29. The first-order chi connectivity index (χ1) is 7.36. The lowest BCUT2D eigenvalue weighted by atomic mass is 9.86. The molecule has 3 rings (SSSR count). The van der Waals surface area contributed by atoms with Crippen molar-refractivity contribution in [3.8, 4) is 0 Å². The smallest absolute Gasteiger partial charge is 0.252 e. The zero-order valence-corrected chi connectivity index (χ0v) is 8.23. The van der Waals surface area contributed by atoms with Gasteiger partial charge in [-0.05, 0) is 23.6 Å². The summed E-state index contributed by atoms with van der Waals surface area (Å²) >= 11 is 0. The fraction of sp³-hybridized carbons (Fsp3) is 0.154. The van der Waals surface area contributed by atoms with E-state index in [9.17, 15) is 4.79 Å². The fourth-order valence-corrected chi connectivity index (χ4v) is 2.21. The molecule has 74 valence electrons. The second kappa shape index (κ2) is 3.09. The predicted molar refractivity (Wildman–Crippen MR) is 59.4 cm³/mol. The van der Waals surface area contributed by atoms with Gasteiger partial charge in [0.1, 0.15) is 0 Å². The predicted octanol–water partition coefficient (Wildman–Crippen LogP) is 2.14. The molecule has 0 bridgehead atoms. The standard InChI is InChI=1S/C13H11NO/c15-13-11-7-2-1-5-9(11)10-6-3-4-8-12(10)14-13/h1-7,12H,8H2,(H,14,15). The lowest BCUT2D eigenvalue weighted by Crippen LogP contribution is -2.40. The number of amides is 1. The van der Waals surface area contributed by atoms with Gasteiger partial charge in [0, 0.05) is 5.56 Å². The summed E-state index contributed by atoms with van der Waals surface area (Å²) in [6.45, 7) is 0. The van der Waals surface area contributed by atoms with Crippen LogP contribution in [0.3, 0.4) is 0 Å². The summed E-state index contributed by atoms with van der Waals surface area (Å²) in [6.07, 6.45) is 7.13. The molecule has 1 unspecified atom stereocenters. The van der Waals surface area contributed by atoms with Crippen LogP contribution in [0.5, 0.6) is 0 Å². The molecule has 0 spiro atoms. The van der Waals surface area contributed by atoms with Crippen molar-refractivity contribution in [3.63, 3.8) is 0 Å². The van der Waals surface area contributed by atoms with Crippen LogP contribution in [0.2, 0.25) is 0 Å². The van der Waals surface area contributed by atoms with Gasteiger partial charge >= 0.3 is 0 Å². The van der Waals surface area contributed by atoms with Crippen LogP contribution in [0.4, 0.5) is 0 Å². The van der Waals surface area contributed by atoms with Crippen LogP contribution < -0.4 is 5.32 Å². The zero-order valence-electron chi connectivity index (χ0n) is 8.23. The molecule has 2 nitrogen and oxygen atoms in total. The molecule has 2 aliphatic rings. The van der Waals surface area contributed by atoms with E-state index in [4.69, 9.17) is 0 Å².